The third kappa shape index (κ3) is 2.90. The van der Waals surface area contributed by atoms with Gasteiger partial charge in [0.25, 0.3) is 11.6 Å². The summed E-state index contributed by atoms with van der Waals surface area (Å²) in [6, 6.07) is 0. The Morgan fingerprint density at radius 3 is 2.77 bits per heavy atom. The van der Waals surface area contributed by atoms with Crippen LogP contribution in [-0.4, -0.2) is 27.9 Å². The van der Waals surface area contributed by atoms with E-state index in [1.165, 1.54) is 0 Å². The van der Waals surface area contributed by atoms with Crippen LogP contribution in [0.25, 0.3) is 0 Å². The van der Waals surface area contributed by atoms with Crippen molar-refractivity contribution in [3.63, 3.8) is 0 Å². The van der Waals surface area contributed by atoms with Crippen LogP contribution in [0.3, 0.4) is 0 Å². The molecule has 1 rings (SSSR count). The predicted molar refractivity (Wildman–Crippen MR) is 38.0 cm³/mol. The summed E-state index contributed by atoms with van der Waals surface area (Å²) in [6.07, 6.45) is -2.71. The number of alkyl halides is 2. The molecule has 1 N–H and O–H groups in total. The summed E-state index contributed by atoms with van der Waals surface area (Å²) in [7, 11) is 0. The van der Waals surface area contributed by atoms with E-state index in [1.807, 2.05) is 0 Å². The summed E-state index contributed by atoms with van der Waals surface area (Å²) in [5, 5.41) is 13.8. The van der Waals surface area contributed by atoms with E-state index in [0.717, 1.165) is 0 Å². The molecule has 0 amide bonds. The number of ether oxygens (including phenoxy) is 1. The van der Waals surface area contributed by atoms with Crippen LogP contribution in [0.2, 0.25) is 0 Å². The predicted octanol–water partition coefficient (Wildman–Crippen LogP) is 0.939. The number of halogens is 2. The van der Waals surface area contributed by atoms with Crippen molar-refractivity contribution < 1.29 is 23.4 Å². The number of carboxylic acids is 1. The molecule has 0 fully saturated rings. The summed E-state index contributed by atoms with van der Waals surface area (Å²) in [6.45, 7) is -0.613. The summed E-state index contributed by atoms with van der Waals surface area (Å²) < 4.78 is 28.3. The largest absolute Gasteiger partial charge is 0.479 e. The Bertz CT molecular complexity index is 304. The van der Waals surface area contributed by atoms with E-state index < -0.39 is 24.0 Å². The molecular formula is C5H4F2N2O3S. The molecule has 13 heavy (non-hydrogen) atoms. The van der Waals surface area contributed by atoms with Crippen LogP contribution >= 0.6 is 11.3 Å². The van der Waals surface area contributed by atoms with Crippen LogP contribution in [0.15, 0.2) is 0 Å². The average Bonchev–Trinajstić information content (AvgIpc) is 2.48. The highest BCUT2D eigenvalue weighted by Gasteiger charge is 2.14. The number of rotatable bonds is 4. The second-order valence-corrected chi connectivity index (χ2v) is 2.86. The SMILES string of the molecule is O=C(O)COc1nnc(C(F)F)s1. The lowest BCUT2D eigenvalue weighted by molar-refractivity contribution is -0.139. The van der Waals surface area contributed by atoms with E-state index in [9.17, 15) is 13.6 Å². The minimum absolute atomic E-state index is 0.169. The molecule has 72 valence electrons. The molecule has 0 atom stereocenters. The van der Waals surface area contributed by atoms with Gasteiger partial charge in [-0.3, -0.25) is 0 Å². The zero-order valence-corrected chi connectivity index (χ0v) is 6.92. The molecule has 5 nitrogen and oxygen atoms in total. The standard InChI is InChI=1S/C5H4F2N2O3S/c6-3(7)4-8-9-5(13-4)12-1-2(10)11/h3H,1H2,(H,10,11). The molecule has 0 aliphatic carbocycles. The highest BCUT2D eigenvalue weighted by atomic mass is 32.1. The Kier molecular flexibility index (Phi) is 3.07. The minimum Gasteiger partial charge on any atom is -0.479 e. The molecule has 1 heterocycles. The molecule has 0 saturated heterocycles. The number of carbonyl (C=O) groups is 1. The molecule has 0 spiro atoms. The van der Waals surface area contributed by atoms with Crippen molar-refractivity contribution in [3.05, 3.63) is 5.01 Å². The van der Waals surface area contributed by atoms with Crippen molar-refractivity contribution in [3.8, 4) is 5.19 Å². The summed E-state index contributed by atoms with van der Waals surface area (Å²) in [5.74, 6) is -1.20. The number of nitrogens with zero attached hydrogens (tertiary/aromatic N) is 2. The highest BCUT2D eigenvalue weighted by Crippen LogP contribution is 2.26. The van der Waals surface area contributed by atoms with Gasteiger partial charge in [0.15, 0.2) is 11.6 Å². The van der Waals surface area contributed by atoms with Gasteiger partial charge in [0.2, 0.25) is 0 Å². The second kappa shape index (κ2) is 4.08. The fourth-order valence-corrected chi connectivity index (χ4v) is 1.04. The van der Waals surface area contributed by atoms with E-state index in [1.54, 1.807) is 0 Å². The van der Waals surface area contributed by atoms with E-state index >= 15 is 0 Å². The van der Waals surface area contributed by atoms with E-state index in [0.29, 0.717) is 11.3 Å². The second-order valence-electron chi connectivity index (χ2n) is 1.89. The third-order valence-electron chi connectivity index (χ3n) is 0.928. The maximum absolute atomic E-state index is 11.9. The van der Waals surface area contributed by atoms with Crippen molar-refractivity contribution in [1.29, 1.82) is 0 Å². The first kappa shape index (κ1) is 9.78. The topological polar surface area (TPSA) is 72.3 Å². The van der Waals surface area contributed by atoms with Crippen LogP contribution < -0.4 is 4.74 Å². The van der Waals surface area contributed by atoms with Crippen molar-refractivity contribution in [2.45, 2.75) is 6.43 Å². The number of hydrogen-bond donors (Lipinski definition) is 1. The summed E-state index contributed by atoms with van der Waals surface area (Å²) in [5.41, 5.74) is 0. The maximum atomic E-state index is 11.9. The van der Waals surface area contributed by atoms with Gasteiger partial charge in [0.1, 0.15) is 0 Å². The number of carboxylic acid groups (broad SMARTS) is 1. The highest BCUT2D eigenvalue weighted by molar-refractivity contribution is 7.13. The minimum atomic E-state index is -2.71. The van der Waals surface area contributed by atoms with Gasteiger partial charge >= 0.3 is 5.97 Å². The molecule has 8 heteroatoms. The molecule has 1 aromatic rings. The fourth-order valence-electron chi connectivity index (χ4n) is 0.490. The van der Waals surface area contributed by atoms with E-state index in [4.69, 9.17) is 5.11 Å². The number of aliphatic carboxylic acids is 1. The first-order chi connectivity index (χ1) is 6.09. The Morgan fingerprint density at radius 1 is 1.62 bits per heavy atom. The van der Waals surface area contributed by atoms with Gasteiger partial charge in [-0.25, -0.2) is 13.6 Å². The Morgan fingerprint density at radius 2 is 2.31 bits per heavy atom. The van der Waals surface area contributed by atoms with Crippen LogP contribution in [-0.2, 0) is 4.79 Å². The van der Waals surface area contributed by atoms with Crippen molar-refractivity contribution in [2.75, 3.05) is 6.61 Å². The van der Waals surface area contributed by atoms with E-state index in [-0.39, 0.29) is 5.19 Å². The Hall–Kier alpha value is -1.31. The molecule has 1 aromatic heterocycles. The van der Waals surface area contributed by atoms with Gasteiger partial charge in [0.05, 0.1) is 0 Å². The van der Waals surface area contributed by atoms with Gasteiger partial charge in [-0.1, -0.05) is 16.4 Å². The van der Waals surface area contributed by atoms with Crippen LogP contribution in [0, 0.1) is 0 Å². The lowest BCUT2D eigenvalue weighted by atomic mass is 10.8. The normalized spacial score (nSPS) is 10.4. The molecule has 0 saturated carbocycles. The van der Waals surface area contributed by atoms with Crippen LogP contribution in [0.5, 0.6) is 5.19 Å². The Labute approximate surface area is 75.0 Å². The van der Waals surface area contributed by atoms with Gasteiger partial charge in [0, 0.05) is 0 Å². The quantitative estimate of drug-likeness (QED) is 0.800. The molecule has 0 aliphatic heterocycles. The fraction of sp³-hybridized carbons (Fsp3) is 0.400. The zero-order chi connectivity index (χ0) is 9.84. The van der Waals surface area contributed by atoms with Crippen LogP contribution in [0.1, 0.15) is 11.4 Å². The van der Waals surface area contributed by atoms with Gasteiger partial charge < -0.3 is 9.84 Å². The molecule has 0 aliphatic rings. The van der Waals surface area contributed by atoms with Crippen molar-refractivity contribution in [1.82, 2.24) is 10.2 Å². The molecule has 0 aromatic carbocycles. The summed E-state index contributed by atoms with van der Waals surface area (Å²) >= 11 is 0.525. The Balaban J connectivity index is 2.54. The third-order valence-corrected chi connectivity index (χ3v) is 1.77. The molecule has 0 radical (unpaired) electrons. The van der Waals surface area contributed by atoms with Crippen molar-refractivity contribution >= 4 is 17.3 Å². The zero-order valence-electron chi connectivity index (χ0n) is 6.11. The number of hydrogen-bond acceptors (Lipinski definition) is 5. The van der Waals surface area contributed by atoms with Gasteiger partial charge in [-0.2, -0.15) is 0 Å². The average molecular weight is 210 g/mol. The monoisotopic (exact) mass is 210 g/mol. The molecular weight excluding hydrogens is 206 g/mol. The van der Waals surface area contributed by atoms with Gasteiger partial charge in [-0.15, -0.1) is 5.10 Å². The molecule has 0 bridgehead atoms. The van der Waals surface area contributed by atoms with Gasteiger partial charge in [-0.05, 0) is 0 Å². The molecule has 0 unspecified atom stereocenters. The van der Waals surface area contributed by atoms with E-state index in [2.05, 4.69) is 14.9 Å². The lowest BCUT2D eigenvalue weighted by Crippen LogP contribution is -2.09. The lowest BCUT2D eigenvalue weighted by Gasteiger charge is -1.93. The number of aromatic nitrogens is 2. The first-order valence-corrected chi connectivity index (χ1v) is 3.87. The van der Waals surface area contributed by atoms with Crippen molar-refractivity contribution in [2.24, 2.45) is 0 Å². The maximum Gasteiger partial charge on any atom is 0.341 e. The summed E-state index contributed by atoms with van der Waals surface area (Å²) in [4.78, 5) is 10.00. The first-order valence-electron chi connectivity index (χ1n) is 3.05. The smallest absolute Gasteiger partial charge is 0.341 e. The van der Waals surface area contributed by atoms with Crippen LogP contribution in [0.4, 0.5) is 8.78 Å².